The van der Waals surface area contributed by atoms with Crippen molar-refractivity contribution in [1.29, 1.82) is 0 Å². The van der Waals surface area contributed by atoms with Gasteiger partial charge >= 0.3 is 51.4 Å². The number of rotatable bonds is 2. The van der Waals surface area contributed by atoms with Crippen molar-refractivity contribution in [3.05, 3.63) is 0 Å². The zero-order chi connectivity index (χ0) is 4.12. The first-order chi connectivity index (χ1) is 2.41. The second kappa shape index (κ2) is 9.75. The van der Waals surface area contributed by atoms with Gasteiger partial charge in [-0.05, 0) is 6.42 Å². The predicted octanol–water partition coefficient (Wildman–Crippen LogP) is -3.52. The van der Waals surface area contributed by atoms with Crippen molar-refractivity contribution in [2.45, 2.75) is 6.42 Å². The van der Waals surface area contributed by atoms with Crippen molar-refractivity contribution in [3.8, 4) is 0 Å². The third-order valence-electron chi connectivity index (χ3n) is 0.316. The van der Waals surface area contributed by atoms with Gasteiger partial charge in [-0.3, -0.25) is 0 Å². The average molecular weight is 116 g/mol. The van der Waals surface area contributed by atoms with E-state index in [1.54, 1.807) is 0 Å². The van der Waals surface area contributed by atoms with Crippen LogP contribution in [0.1, 0.15) is 7.85 Å². The standard InChI is InChI=1S/C3H8O2.K.H/c4-2-1-3-5;;/h4-5H,1-3H2;;/q;+1;-1. The molecule has 0 spiro atoms. The van der Waals surface area contributed by atoms with Crippen LogP contribution in [-0.2, 0) is 0 Å². The Hall–Kier alpha value is 1.56. The summed E-state index contributed by atoms with van der Waals surface area (Å²) in [6.07, 6.45) is 0.500. The maximum atomic E-state index is 7.91. The van der Waals surface area contributed by atoms with Gasteiger partial charge in [-0.2, -0.15) is 0 Å². The summed E-state index contributed by atoms with van der Waals surface area (Å²) in [7, 11) is 0. The van der Waals surface area contributed by atoms with E-state index in [1.807, 2.05) is 0 Å². The van der Waals surface area contributed by atoms with Crippen LogP contribution in [0.5, 0.6) is 0 Å². The summed E-state index contributed by atoms with van der Waals surface area (Å²) in [4.78, 5) is 0. The summed E-state index contributed by atoms with van der Waals surface area (Å²) < 4.78 is 0. The minimum absolute atomic E-state index is 0. The largest absolute Gasteiger partial charge is 1.00 e. The van der Waals surface area contributed by atoms with E-state index in [0.29, 0.717) is 6.42 Å². The molecule has 0 aromatic heterocycles. The zero-order valence-corrected chi connectivity index (χ0v) is 7.14. The van der Waals surface area contributed by atoms with Crippen LogP contribution < -0.4 is 51.4 Å². The Morgan fingerprint density at radius 1 is 1.17 bits per heavy atom. The van der Waals surface area contributed by atoms with Crippen LogP contribution in [0.3, 0.4) is 0 Å². The molecule has 0 aliphatic rings. The third kappa shape index (κ3) is 9.12. The summed E-state index contributed by atoms with van der Waals surface area (Å²) in [5, 5.41) is 15.8. The van der Waals surface area contributed by atoms with Crippen LogP contribution in [0.4, 0.5) is 0 Å². The van der Waals surface area contributed by atoms with Crippen molar-refractivity contribution in [2.24, 2.45) is 0 Å². The quantitative estimate of drug-likeness (QED) is 0.367. The van der Waals surface area contributed by atoms with E-state index >= 15 is 0 Å². The fourth-order valence-electron chi connectivity index (χ4n) is 0.0707. The van der Waals surface area contributed by atoms with Gasteiger partial charge in [0.2, 0.25) is 0 Å². The van der Waals surface area contributed by atoms with E-state index in [-0.39, 0.29) is 66.0 Å². The normalized spacial score (nSPS) is 7.00. The van der Waals surface area contributed by atoms with Crippen LogP contribution in [0.15, 0.2) is 0 Å². The summed E-state index contributed by atoms with van der Waals surface area (Å²) in [6, 6.07) is 0. The first-order valence-corrected chi connectivity index (χ1v) is 1.63. The SMILES string of the molecule is OCCCO.[H-].[K+]. The van der Waals surface area contributed by atoms with E-state index in [0.717, 1.165) is 0 Å². The van der Waals surface area contributed by atoms with E-state index < -0.39 is 0 Å². The van der Waals surface area contributed by atoms with Gasteiger partial charge in [-0.25, -0.2) is 0 Å². The van der Waals surface area contributed by atoms with E-state index in [9.17, 15) is 0 Å². The van der Waals surface area contributed by atoms with Crippen LogP contribution >= 0.6 is 0 Å². The molecular weight excluding hydrogens is 107 g/mol. The Balaban J connectivity index is -0.0000000800. The molecule has 0 aliphatic heterocycles. The molecule has 0 rings (SSSR count). The molecule has 0 bridgehead atoms. The molecular formula is C3H9KO2. The number of aliphatic hydroxyl groups is 2. The molecule has 0 saturated heterocycles. The van der Waals surface area contributed by atoms with Gasteiger partial charge in [0.15, 0.2) is 0 Å². The Bertz CT molecular complexity index is 20.4. The number of aliphatic hydroxyl groups excluding tert-OH is 2. The molecule has 0 amide bonds. The molecule has 34 valence electrons. The van der Waals surface area contributed by atoms with Gasteiger partial charge in [0.1, 0.15) is 0 Å². The van der Waals surface area contributed by atoms with Crippen molar-refractivity contribution in [3.63, 3.8) is 0 Å². The van der Waals surface area contributed by atoms with Gasteiger partial charge in [-0.15, -0.1) is 0 Å². The average Bonchev–Trinajstić information content (AvgIpc) is 1.41. The van der Waals surface area contributed by atoms with Gasteiger partial charge in [0.05, 0.1) is 0 Å². The fourth-order valence-corrected chi connectivity index (χ4v) is 0.0707. The Labute approximate surface area is 81.5 Å². The monoisotopic (exact) mass is 116 g/mol. The molecule has 0 unspecified atom stereocenters. The molecule has 2 nitrogen and oxygen atoms in total. The molecule has 0 aromatic carbocycles. The minimum Gasteiger partial charge on any atom is -1.00 e. The molecule has 0 radical (unpaired) electrons. The van der Waals surface area contributed by atoms with Crippen molar-refractivity contribution in [2.75, 3.05) is 13.2 Å². The van der Waals surface area contributed by atoms with Crippen LogP contribution in [-0.4, -0.2) is 23.4 Å². The summed E-state index contributed by atoms with van der Waals surface area (Å²) >= 11 is 0. The molecule has 0 aliphatic carbocycles. The molecule has 6 heavy (non-hydrogen) atoms. The van der Waals surface area contributed by atoms with Crippen LogP contribution in [0, 0.1) is 0 Å². The molecule has 0 saturated carbocycles. The first-order valence-electron chi connectivity index (χ1n) is 1.63. The molecule has 0 aromatic rings. The minimum atomic E-state index is 0. The molecule has 3 heteroatoms. The summed E-state index contributed by atoms with van der Waals surface area (Å²) in [5.41, 5.74) is 0. The smallest absolute Gasteiger partial charge is 1.00 e. The topological polar surface area (TPSA) is 40.5 Å². The van der Waals surface area contributed by atoms with E-state index in [1.165, 1.54) is 0 Å². The Kier molecular flexibility index (Phi) is 17.1. The van der Waals surface area contributed by atoms with E-state index in [2.05, 4.69) is 0 Å². The number of hydrogen-bond donors (Lipinski definition) is 2. The third-order valence-corrected chi connectivity index (χ3v) is 0.316. The second-order valence-electron chi connectivity index (χ2n) is 0.801. The van der Waals surface area contributed by atoms with Crippen LogP contribution in [0.2, 0.25) is 0 Å². The first kappa shape index (κ1) is 10.5. The zero-order valence-electron chi connectivity index (χ0n) is 5.02. The summed E-state index contributed by atoms with van der Waals surface area (Å²) in [5.74, 6) is 0. The van der Waals surface area contributed by atoms with Gasteiger partial charge in [0, 0.05) is 13.2 Å². The van der Waals surface area contributed by atoms with Gasteiger partial charge < -0.3 is 11.6 Å². The summed E-state index contributed by atoms with van der Waals surface area (Å²) in [6.45, 7) is 0.188. The molecule has 0 fully saturated rings. The van der Waals surface area contributed by atoms with Gasteiger partial charge in [0.25, 0.3) is 0 Å². The van der Waals surface area contributed by atoms with E-state index in [4.69, 9.17) is 10.2 Å². The van der Waals surface area contributed by atoms with Gasteiger partial charge in [-0.1, -0.05) is 0 Å². The maximum Gasteiger partial charge on any atom is 1.00 e. The molecule has 2 N–H and O–H groups in total. The fraction of sp³-hybridized carbons (Fsp3) is 1.00. The number of hydrogen-bond acceptors (Lipinski definition) is 2. The van der Waals surface area contributed by atoms with Crippen molar-refractivity contribution >= 4 is 0 Å². The van der Waals surface area contributed by atoms with Crippen molar-refractivity contribution < 1.29 is 63.0 Å². The Morgan fingerprint density at radius 3 is 1.50 bits per heavy atom. The molecule has 0 heterocycles. The Morgan fingerprint density at radius 2 is 1.50 bits per heavy atom. The molecule has 0 atom stereocenters. The van der Waals surface area contributed by atoms with Crippen molar-refractivity contribution in [1.82, 2.24) is 0 Å². The van der Waals surface area contributed by atoms with Crippen LogP contribution in [0.25, 0.3) is 0 Å². The maximum absolute atomic E-state index is 7.91. The second-order valence-corrected chi connectivity index (χ2v) is 0.801. The predicted molar refractivity (Wildman–Crippen MR) is 19.9 cm³/mol.